The first-order valence-electron chi connectivity index (χ1n) is 55.5. The number of nitrogens with zero attached hydrogens (tertiary/aromatic N) is 4. The summed E-state index contributed by atoms with van der Waals surface area (Å²) in [5.74, 6) is 9.81. The van der Waals surface area contributed by atoms with Gasteiger partial charge in [0.25, 0.3) is 0 Å². The Morgan fingerprint density at radius 3 is 1.36 bits per heavy atom. The zero-order chi connectivity index (χ0) is 93.0. The average molecular weight is 1850 g/mol. The highest BCUT2D eigenvalue weighted by Crippen LogP contribution is 2.67. The molecule has 4 aromatic heterocycles. The first-order valence-corrected chi connectivity index (χ1v) is 55.5. The topological polar surface area (TPSA) is 42.6 Å². The largest absolute Gasteiger partial charge is 0.456 e. The van der Waals surface area contributed by atoms with E-state index < -0.39 is 0 Å². The molecule has 0 spiro atoms. The first kappa shape index (κ1) is 80.4. The molecule has 143 heavy (non-hydrogen) atoms. The van der Waals surface area contributed by atoms with E-state index in [1.54, 1.807) is 22.3 Å². The highest BCUT2D eigenvalue weighted by Gasteiger charge is 2.58. The molecule has 6 atom stereocenters. The second-order valence-corrected chi connectivity index (χ2v) is 50.5. The third kappa shape index (κ3) is 11.2. The number of anilines is 4. The van der Waals surface area contributed by atoms with Gasteiger partial charge in [0.1, 0.15) is 16.7 Å². The molecule has 0 radical (unpaired) electrons. The van der Waals surface area contributed by atoms with E-state index in [-0.39, 0.29) is 35.4 Å². The predicted octanol–water partition coefficient (Wildman–Crippen LogP) is 32.2. The number of benzene rings is 16. The van der Waals surface area contributed by atoms with Crippen LogP contribution in [0, 0.1) is 77.9 Å². The van der Waals surface area contributed by atoms with Crippen LogP contribution in [-0.2, 0) is 28.1 Å². The van der Waals surface area contributed by atoms with Crippen LogP contribution in [0.1, 0.15) is 200 Å². The summed E-state index contributed by atoms with van der Waals surface area (Å²) in [6, 6.07) is 115. The number of furan rings is 2. The van der Waals surface area contributed by atoms with Gasteiger partial charge in [0.05, 0.1) is 27.8 Å². The van der Waals surface area contributed by atoms with E-state index >= 15 is 0 Å². The van der Waals surface area contributed by atoms with Crippen LogP contribution in [0.2, 0.25) is 0 Å². The van der Waals surface area contributed by atoms with Crippen molar-refractivity contribution < 1.29 is 8.83 Å². The summed E-state index contributed by atoms with van der Waals surface area (Å²) in [5, 5.41) is 15.4. The van der Waals surface area contributed by atoms with Crippen LogP contribution in [0.25, 0.3) is 165 Å². The summed E-state index contributed by atoms with van der Waals surface area (Å²) in [6.45, 7) is 7.21. The molecule has 16 aromatic carbocycles. The van der Waals surface area contributed by atoms with Crippen LogP contribution in [0.4, 0.5) is 22.7 Å². The molecule has 13 aliphatic carbocycles. The Labute approximate surface area is 836 Å². The molecule has 13 bridgehead atoms. The van der Waals surface area contributed by atoms with Gasteiger partial charge in [-0.15, -0.1) is 0 Å². The van der Waals surface area contributed by atoms with Gasteiger partial charge in [-0.1, -0.05) is 184 Å². The molecule has 0 saturated heterocycles. The van der Waals surface area contributed by atoms with Gasteiger partial charge in [0.15, 0.2) is 5.58 Å². The van der Waals surface area contributed by atoms with Crippen molar-refractivity contribution in [2.75, 3.05) is 9.62 Å². The molecule has 13 fully saturated rings. The lowest BCUT2D eigenvalue weighted by molar-refractivity contribution is -0.00521. The third-order valence-electron chi connectivity index (χ3n) is 42.0. The maximum Gasteiger partial charge on any atom is 0.333 e. The zero-order valence-corrected chi connectivity index (χ0v) is 82.3. The predicted molar refractivity (Wildman–Crippen MR) is 594 cm³/mol. The molecule has 13 saturated carbocycles. The first-order chi connectivity index (χ1) is 70.2. The van der Waals surface area contributed by atoms with Crippen molar-refractivity contribution in [3.05, 3.63) is 324 Å². The molecule has 0 amide bonds. The van der Waals surface area contributed by atoms with Crippen LogP contribution in [0.5, 0.6) is 0 Å². The quantitative estimate of drug-likeness (QED) is 0.128. The molecule has 6 unspecified atom stereocenters. The average Bonchev–Trinajstić information content (AvgIpc) is 1.56. The highest BCUT2D eigenvalue weighted by molar-refractivity contribution is 6.94. The van der Waals surface area contributed by atoms with Crippen molar-refractivity contribution in [3.8, 4) is 55.9 Å². The maximum absolute atomic E-state index is 7.70. The van der Waals surface area contributed by atoms with Crippen LogP contribution in [-0.4, -0.2) is 22.8 Å². The van der Waals surface area contributed by atoms with Crippen LogP contribution in [0.3, 0.4) is 0 Å². The fourth-order valence-corrected chi connectivity index (χ4v) is 37.7. The Balaban J connectivity index is 0.539. The van der Waals surface area contributed by atoms with Gasteiger partial charge >= 0.3 is 13.7 Å². The molecule has 8 heteroatoms. The third-order valence-corrected chi connectivity index (χ3v) is 42.0. The lowest BCUT2D eigenvalue weighted by Crippen LogP contribution is -2.61. The zero-order valence-electron chi connectivity index (χ0n) is 82.3. The van der Waals surface area contributed by atoms with Crippen molar-refractivity contribution in [1.29, 1.82) is 0 Å². The lowest BCUT2D eigenvalue weighted by Gasteiger charge is -2.57. The number of aromatic nitrogens is 2. The van der Waals surface area contributed by atoms with E-state index in [1.807, 2.05) is 0 Å². The minimum absolute atomic E-state index is 0.112. The van der Waals surface area contributed by atoms with Crippen molar-refractivity contribution in [3.63, 3.8) is 0 Å². The number of hydrogen-bond acceptors (Lipinski definition) is 4. The Morgan fingerprint density at radius 2 is 0.769 bits per heavy atom. The van der Waals surface area contributed by atoms with Crippen molar-refractivity contribution in [2.24, 2.45) is 71.0 Å². The fraction of sp³-hybridized carbons (Fsp3) is 0.319. The van der Waals surface area contributed by atoms with E-state index in [0.717, 1.165) is 104 Å². The summed E-state index contributed by atoms with van der Waals surface area (Å²) in [7, 11) is 0. The SMILES string of the molecule is Cc1cc2c3c(c1)-n1c4ccc(C56CCC7CC(CC7C5)C6)cc4c4cc(C56CC7CC(CC(C7)C5)C6)cc(c41)B3N(c1ccc(-c3ccc(Cc4cc5c6c(c4)-n4c7ccc(C89CC(C)CC(CC(C)C8)C9)cc7c7cc(C89CC%10CC(CC(C%10)C8)C9)cc(c74)B6N(c4ccc(-c6ccccc6)cc4)c4c-5ccc5c4oc4cc6ccccc6cc45)cc3)cc1)c1cc3c(cc1-2)oc1cc2ccccc2cc13. The van der Waals surface area contributed by atoms with Gasteiger partial charge in [-0.3, -0.25) is 0 Å². The minimum Gasteiger partial charge on any atom is -0.456 e. The summed E-state index contributed by atoms with van der Waals surface area (Å²) in [5.41, 5.74) is 43.6. The van der Waals surface area contributed by atoms with E-state index in [9.17, 15) is 0 Å². The Hall–Kier alpha value is -13.0. The second-order valence-electron chi connectivity index (χ2n) is 50.5. The standard InChI is InChI=1S/C135H116B2N4O2/c1-75-39-112-108-63-125-111(110-53-93-14-8-9-15-94(93)54-123(110)142-125)62-120(108)140(136-116-60-100(134-68-81-42-82(69-134)44-83(43-81)70-134)58-114-106-56-98(132-36-35-96-48-87(66-132)49-97(96)74-132)25-33-118(106)138(128(114)116)121(40-75)126(112)136)102-27-21-91(22-28-102)89-19-17-78(18-20-89)41-79-50-113-104-31-32-105-109-52-92-13-7-10-16-95(92)55-124(109)143-131(105)130(104)141(103-29-23-90(24-30-103)88-11-5-4-6-12-88)137-117-61-101(135-71-84-45-85(72-135)47-86(46-84)73-135)59-115-107-57-99(133-64-76(2)37-80(67-133)38-77(3)65-133)26-34-119(107)139(129(115)117)122(51-79)127(113)137/h4-34,39-40,50-63,76-77,80-87,96-97H,35-38,41-49,64-74H2,1-3H3. The van der Waals surface area contributed by atoms with Crippen LogP contribution >= 0.6 is 0 Å². The molecule has 694 valence electrons. The van der Waals surface area contributed by atoms with Gasteiger partial charge in [-0.05, 0) is 485 Å². The van der Waals surface area contributed by atoms with Gasteiger partial charge < -0.3 is 27.6 Å². The summed E-state index contributed by atoms with van der Waals surface area (Å²) < 4.78 is 20.5. The van der Waals surface area contributed by atoms with Gasteiger partial charge in [-0.2, -0.15) is 0 Å². The lowest BCUT2D eigenvalue weighted by atomic mass is 9.42. The van der Waals surface area contributed by atoms with E-state index in [0.29, 0.717) is 11.8 Å². The minimum atomic E-state index is -0.188. The number of hydrogen-bond donors (Lipinski definition) is 0. The smallest absolute Gasteiger partial charge is 0.333 e. The second kappa shape index (κ2) is 28.3. The Morgan fingerprint density at radius 1 is 0.308 bits per heavy atom. The van der Waals surface area contributed by atoms with Gasteiger partial charge in [-0.25, -0.2) is 0 Å². The van der Waals surface area contributed by atoms with Gasteiger partial charge in [0.2, 0.25) is 0 Å². The monoisotopic (exact) mass is 1850 g/mol. The fourth-order valence-electron chi connectivity index (χ4n) is 37.7. The Bertz CT molecular complexity index is 8980. The number of fused-ring (bicyclic) bond motifs is 27. The van der Waals surface area contributed by atoms with Crippen LogP contribution in [0.15, 0.2) is 294 Å². The van der Waals surface area contributed by atoms with E-state index in [1.165, 1.54) is 335 Å². The van der Waals surface area contributed by atoms with Crippen molar-refractivity contribution in [2.45, 2.75) is 197 Å². The van der Waals surface area contributed by atoms with Crippen molar-refractivity contribution in [1.82, 2.24) is 9.13 Å². The molecule has 0 N–H and O–H groups in total. The van der Waals surface area contributed by atoms with E-state index in [2.05, 4.69) is 325 Å². The molecule has 6 nitrogen and oxygen atoms in total. The molecule has 8 heterocycles. The van der Waals surface area contributed by atoms with Crippen LogP contribution < -0.4 is 31.5 Å². The molecule has 37 rings (SSSR count). The molecule has 20 aromatic rings. The molecule has 17 aliphatic rings. The normalized spacial score (nSPS) is 28.1. The highest BCUT2D eigenvalue weighted by atomic mass is 16.3. The Kier molecular flexibility index (Phi) is 15.9. The summed E-state index contributed by atoms with van der Waals surface area (Å²) in [6.07, 6.45) is 32.3. The van der Waals surface area contributed by atoms with E-state index in [4.69, 9.17) is 8.83 Å². The number of aryl methyl sites for hydroxylation is 1. The summed E-state index contributed by atoms with van der Waals surface area (Å²) >= 11 is 0. The molecule has 4 aliphatic heterocycles. The van der Waals surface area contributed by atoms with Gasteiger partial charge in [0, 0.05) is 82.7 Å². The molecular formula is C135H116B2N4O2. The number of rotatable bonds is 10. The van der Waals surface area contributed by atoms with Crippen molar-refractivity contribution >= 4 is 167 Å². The molecular weight excluding hydrogens is 1730 g/mol. The summed E-state index contributed by atoms with van der Waals surface area (Å²) in [4.78, 5) is 5.63. The maximum atomic E-state index is 7.70.